The van der Waals surface area contributed by atoms with Gasteiger partial charge in [-0.3, -0.25) is 9.59 Å². The van der Waals surface area contributed by atoms with Crippen LogP contribution in [-0.2, 0) is 22.4 Å². The van der Waals surface area contributed by atoms with Crippen LogP contribution in [0, 0.1) is 0 Å². The first kappa shape index (κ1) is 19.1. The Hall–Kier alpha value is -3.28. The molecule has 0 unspecified atom stereocenters. The number of H-pyrrole nitrogens is 1. The first-order valence-electron chi connectivity index (χ1n) is 8.33. The molecule has 0 bridgehead atoms. The topological polar surface area (TPSA) is 100 Å². The molecule has 136 valence electrons. The van der Waals surface area contributed by atoms with E-state index in [0.29, 0.717) is 12.8 Å². The van der Waals surface area contributed by atoms with E-state index in [0.717, 1.165) is 27.7 Å². The van der Waals surface area contributed by atoms with E-state index in [1.165, 1.54) is 0 Å². The number of anilines is 1. The van der Waals surface area contributed by atoms with Gasteiger partial charge in [-0.15, -0.1) is 0 Å². The number of carbonyl (C=O) groups excluding carboxylic acids is 2. The number of benzene rings is 2. The van der Waals surface area contributed by atoms with E-state index in [-0.39, 0.29) is 11.8 Å². The molecule has 3 aromatic rings. The number of amides is 2. The standard InChI is InChI=1S/C11H12N2O.C9H12N2O/c1-12-11(14)7-8-2-3-10-9(6-8)4-5-13-10;1-11-9(12)6-7-2-4-8(10)5-3-7/h2-6,13H,7H2,1H3,(H,12,14);2-5H,6,10H2,1H3,(H,11,12). The van der Waals surface area contributed by atoms with E-state index in [4.69, 9.17) is 5.73 Å². The molecule has 0 aliphatic rings. The summed E-state index contributed by atoms with van der Waals surface area (Å²) in [6.07, 6.45) is 2.75. The Morgan fingerprint density at radius 1 is 0.885 bits per heavy atom. The van der Waals surface area contributed by atoms with Gasteiger partial charge in [0.25, 0.3) is 0 Å². The summed E-state index contributed by atoms with van der Waals surface area (Å²) >= 11 is 0. The highest BCUT2D eigenvalue weighted by molar-refractivity contribution is 5.83. The predicted octanol–water partition coefficient (Wildman–Crippen LogP) is 2.01. The van der Waals surface area contributed by atoms with E-state index in [2.05, 4.69) is 15.6 Å². The fourth-order valence-electron chi connectivity index (χ4n) is 2.40. The first-order valence-corrected chi connectivity index (χ1v) is 8.33. The lowest BCUT2D eigenvalue weighted by Gasteiger charge is -2.00. The van der Waals surface area contributed by atoms with Gasteiger partial charge >= 0.3 is 0 Å². The van der Waals surface area contributed by atoms with Crippen molar-refractivity contribution in [3.8, 4) is 0 Å². The van der Waals surface area contributed by atoms with Gasteiger partial charge in [0, 0.05) is 31.5 Å². The zero-order valence-electron chi connectivity index (χ0n) is 15.0. The maximum atomic E-state index is 11.1. The van der Waals surface area contributed by atoms with Gasteiger partial charge in [0.1, 0.15) is 0 Å². The third-order valence-electron chi connectivity index (χ3n) is 3.88. The molecular weight excluding hydrogens is 328 g/mol. The van der Waals surface area contributed by atoms with Gasteiger partial charge in [-0.1, -0.05) is 18.2 Å². The van der Waals surface area contributed by atoms with Crippen molar-refractivity contribution < 1.29 is 9.59 Å². The van der Waals surface area contributed by atoms with Gasteiger partial charge in [-0.25, -0.2) is 0 Å². The van der Waals surface area contributed by atoms with Crippen molar-refractivity contribution >= 4 is 28.4 Å². The molecule has 6 nitrogen and oxygen atoms in total. The molecule has 1 heterocycles. The average molecular weight is 352 g/mol. The van der Waals surface area contributed by atoms with E-state index < -0.39 is 0 Å². The second-order valence-electron chi connectivity index (χ2n) is 5.84. The maximum Gasteiger partial charge on any atom is 0.224 e. The Labute approximate surface area is 152 Å². The molecule has 26 heavy (non-hydrogen) atoms. The highest BCUT2D eigenvalue weighted by Gasteiger charge is 2.02. The van der Waals surface area contributed by atoms with Crippen molar-refractivity contribution in [2.45, 2.75) is 12.8 Å². The van der Waals surface area contributed by atoms with Crippen molar-refractivity contribution in [3.05, 3.63) is 65.9 Å². The molecule has 6 heteroatoms. The summed E-state index contributed by atoms with van der Waals surface area (Å²) in [4.78, 5) is 25.2. The summed E-state index contributed by atoms with van der Waals surface area (Å²) in [6.45, 7) is 0. The van der Waals surface area contributed by atoms with E-state index in [9.17, 15) is 9.59 Å². The van der Waals surface area contributed by atoms with Crippen LogP contribution >= 0.6 is 0 Å². The molecule has 3 rings (SSSR count). The van der Waals surface area contributed by atoms with Gasteiger partial charge in [0.15, 0.2) is 0 Å². The summed E-state index contributed by atoms with van der Waals surface area (Å²) in [6, 6.07) is 15.3. The summed E-state index contributed by atoms with van der Waals surface area (Å²) in [7, 11) is 3.27. The number of likely N-dealkylation sites (N-methyl/N-ethyl adjacent to an activating group) is 2. The number of carbonyl (C=O) groups is 2. The molecule has 2 aromatic carbocycles. The SMILES string of the molecule is CNC(=O)Cc1ccc(N)cc1.CNC(=O)Cc1ccc2[nH]ccc2c1. The van der Waals surface area contributed by atoms with Gasteiger partial charge in [-0.05, 0) is 46.8 Å². The molecule has 0 fully saturated rings. The summed E-state index contributed by atoms with van der Waals surface area (Å²) in [5.41, 5.74) is 9.32. The molecule has 2 amide bonds. The van der Waals surface area contributed by atoms with Crippen molar-refractivity contribution in [1.29, 1.82) is 0 Å². The van der Waals surface area contributed by atoms with Gasteiger partial charge in [-0.2, -0.15) is 0 Å². The van der Waals surface area contributed by atoms with Gasteiger partial charge in [0.05, 0.1) is 12.8 Å². The Bertz CT molecular complexity index is 869. The van der Waals surface area contributed by atoms with Crippen LogP contribution in [0.15, 0.2) is 54.7 Å². The van der Waals surface area contributed by atoms with Crippen LogP contribution in [0.4, 0.5) is 5.69 Å². The molecule has 0 radical (unpaired) electrons. The van der Waals surface area contributed by atoms with Crippen LogP contribution in [-0.4, -0.2) is 30.9 Å². The highest BCUT2D eigenvalue weighted by atomic mass is 16.2. The molecule has 0 aliphatic carbocycles. The number of aromatic nitrogens is 1. The molecule has 0 saturated carbocycles. The normalized spacial score (nSPS) is 9.92. The number of hydrogen-bond acceptors (Lipinski definition) is 3. The van der Waals surface area contributed by atoms with Crippen LogP contribution in [0.25, 0.3) is 10.9 Å². The quantitative estimate of drug-likeness (QED) is 0.540. The molecular formula is C20H24N4O2. The van der Waals surface area contributed by atoms with E-state index in [1.54, 1.807) is 26.2 Å². The Balaban J connectivity index is 0.000000190. The number of fused-ring (bicyclic) bond motifs is 1. The summed E-state index contributed by atoms with van der Waals surface area (Å²) in [5.74, 6) is 0.0552. The fourth-order valence-corrected chi connectivity index (χ4v) is 2.40. The van der Waals surface area contributed by atoms with Crippen LogP contribution in [0.2, 0.25) is 0 Å². The van der Waals surface area contributed by atoms with Gasteiger partial charge < -0.3 is 21.4 Å². The zero-order valence-corrected chi connectivity index (χ0v) is 15.0. The number of nitrogen functional groups attached to an aromatic ring is 1. The number of nitrogens with one attached hydrogen (secondary N) is 3. The molecule has 0 spiro atoms. The summed E-state index contributed by atoms with van der Waals surface area (Å²) < 4.78 is 0. The predicted molar refractivity (Wildman–Crippen MR) is 105 cm³/mol. The fraction of sp³-hybridized carbons (Fsp3) is 0.200. The lowest BCUT2D eigenvalue weighted by molar-refractivity contribution is -0.120. The third-order valence-corrected chi connectivity index (χ3v) is 3.88. The average Bonchev–Trinajstić information content (AvgIpc) is 3.11. The molecule has 0 atom stereocenters. The number of rotatable bonds is 4. The van der Waals surface area contributed by atoms with Crippen molar-refractivity contribution in [3.63, 3.8) is 0 Å². The minimum absolute atomic E-state index is 0.0137. The minimum Gasteiger partial charge on any atom is -0.399 e. The highest BCUT2D eigenvalue weighted by Crippen LogP contribution is 2.14. The first-order chi connectivity index (χ1) is 12.5. The third kappa shape index (κ3) is 5.66. The second-order valence-corrected chi connectivity index (χ2v) is 5.84. The van der Waals surface area contributed by atoms with Crippen LogP contribution < -0.4 is 16.4 Å². The Kier molecular flexibility index (Phi) is 6.79. The van der Waals surface area contributed by atoms with Crippen LogP contribution in [0.3, 0.4) is 0 Å². The number of hydrogen-bond donors (Lipinski definition) is 4. The van der Waals surface area contributed by atoms with E-state index in [1.807, 2.05) is 42.6 Å². The largest absolute Gasteiger partial charge is 0.399 e. The number of aromatic amines is 1. The second kappa shape index (κ2) is 9.27. The zero-order chi connectivity index (χ0) is 18.9. The Morgan fingerprint density at radius 2 is 1.46 bits per heavy atom. The van der Waals surface area contributed by atoms with Crippen molar-refractivity contribution in [1.82, 2.24) is 15.6 Å². The van der Waals surface area contributed by atoms with Crippen LogP contribution in [0.5, 0.6) is 0 Å². The smallest absolute Gasteiger partial charge is 0.224 e. The summed E-state index contributed by atoms with van der Waals surface area (Å²) in [5, 5.41) is 6.31. The lowest BCUT2D eigenvalue weighted by Crippen LogP contribution is -2.19. The minimum atomic E-state index is 0.0137. The van der Waals surface area contributed by atoms with Gasteiger partial charge in [0.2, 0.25) is 11.8 Å². The lowest BCUT2D eigenvalue weighted by atomic mass is 10.1. The van der Waals surface area contributed by atoms with E-state index >= 15 is 0 Å². The van der Waals surface area contributed by atoms with Crippen molar-refractivity contribution in [2.75, 3.05) is 19.8 Å². The molecule has 0 saturated heterocycles. The number of nitrogens with two attached hydrogens (primary N) is 1. The van der Waals surface area contributed by atoms with Crippen LogP contribution in [0.1, 0.15) is 11.1 Å². The molecule has 5 N–H and O–H groups in total. The molecule has 0 aliphatic heterocycles. The monoisotopic (exact) mass is 352 g/mol. The van der Waals surface area contributed by atoms with Crippen molar-refractivity contribution in [2.24, 2.45) is 0 Å². The Morgan fingerprint density at radius 3 is 2.08 bits per heavy atom. The maximum absolute atomic E-state index is 11.1. The molecule has 1 aromatic heterocycles.